The van der Waals surface area contributed by atoms with E-state index in [1.165, 1.54) is 43.4 Å². The third kappa shape index (κ3) is 5.93. The number of halogens is 1. The average molecular weight is 464 g/mol. The van der Waals surface area contributed by atoms with Crippen LogP contribution in [0.3, 0.4) is 0 Å². The highest BCUT2D eigenvalue weighted by molar-refractivity contribution is 6.10. The lowest BCUT2D eigenvalue weighted by molar-refractivity contribution is 0.0931. The second kappa shape index (κ2) is 10.8. The van der Waals surface area contributed by atoms with E-state index in [4.69, 9.17) is 0 Å². The minimum atomic E-state index is -0.513. The summed E-state index contributed by atoms with van der Waals surface area (Å²) in [6, 6.07) is 12.2. The van der Waals surface area contributed by atoms with Crippen molar-refractivity contribution >= 4 is 23.3 Å². The molecule has 0 unspecified atom stereocenters. The number of hydrogen-bond donors (Lipinski definition) is 3. The molecule has 1 aliphatic heterocycles. The molecule has 176 valence electrons. The van der Waals surface area contributed by atoms with Gasteiger partial charge in [0.2, 0.25) is 0 Å². The maximum absolute atomic E-state index is 13.0. The van der Waals surface area contributed by atoms with Gasteiger partial charge in [0, 0.05) is 30.8 Å². The number of anilines is 1. The van der Waals surface area contributed by atoms with Crippen LogP contribution in [0.2, 0.25) is 0 Å². The summed E-state index contributed by atoms with van der Waals surface area (Å²) in [4.78, 5) is 46.6. The summed E-state index contributed by atoms with van der Waals surface area (Å²) in [5, 5.41) is 5.55. The van der Waals surface area contributed by atoms with E-state index in [9.17, 15) is 18.8 Å². The Bertz CT molecular complexity index is 1150. The van der Waals surface area contributed by atoms with Crippen LogP contribution >= 0.6 is 0 Å². The molecule has 2 aromatic carbocycles. The first-order chi connectivity index (χ1) is 16.5. The summed E-state index contributed by atoms with van der Waals surface area (Å²) in [5.41, 5.74) is 1.81. The van der Waals surface area contributed by atoms with Gasteiger partial charge in [-0.3, -0.25) is 14.4 Å². The molecule has 4 rings (SSSR count). The number of nitrogens with zero attached hydrogens (tertiary/aromatic N) is 2. The lowest BCUT2D eigenvalue weighted by Gasteiger charge is -2.14. The van der Waals surface area contributed by atoms with Crippen LogP contribution in [0.15, 0.2) is 54.9 Å². The molecular formula is C25H26FN5O3. The van der Waals surface area contributed by atoms with Gasteiger partial charge in [-0.1, -0.05) is 12.1 Å². The normalized spacial score (nSPS) is 13.6. The van der Waals surface area contributed by atoms with Crippen molar-refractivity contribution in [1.29, 1.82) is 0 Å². The predicted molar refractivity (Wildman–Crippen MR) is 125 cm³/mol. The number of aromatic nitrogens is 2. The maximum atomic E-state index is 13.0. The van der Waals surface area contributed by atoms with Crippen LogP contribution in [0, 0.1) is 5.82 Å². The zero-order valence-corrected chi connectivity index (χ0v) is 18.6. The van der Waals surface area contributed by atoms with Gasteiger partial charge >= 0.3 is 0 Å². The highest BCUT2D eigenvalue weighted by Crippen LogP contribution is 2.15. The standard InChI is InChI=1S/C25H26FN5O3/c26-19-7-5-18(6-8-19)21(32)15-17-3-9-20(10-4-17)30-25(34)23-22(28-16-29-23)24(33)27-11-14-31-12-1-2-13-31/h3-10,16H,1-2,11-15H2,(H,27,33)(H,28,29)(H,30,34). The number of rotatable bonds is 9. The first kappa shape index (κ1) is 23.3. The van der Waals surface area contributed by atoms with Gasteiger partial charge in [0.25, 0.3) is 11.8 Å². The van der Waals surface area contributed by atoms with E-state index < -0.39 is 11.7 Å². The number of H-pyrrole nitrogens is 1. The van der Waals surface area contributed by atoms with Crippen LogP contribution in [0.1, 0.15) is 49.7 Å². The minimum absolute atomic E-state index is 0.00855. The monoisotopic (exact) mass is 463 g/mol. The number of imidazole rings is 1. The van der Waals surface area contributed by atoms with Crippen LogP contribution in [0.5, 0.6) is 0 Å². The Hall–Kier alpha value is -3.85. The van der Waals surface area contributed by atoms with Gasteiger partial charge in [-0.25, -0.2) is 9.37 Å². The second-order valence-electron chi connectivity index (χ2n) is 8.19. The van der Waals surface area contributed by atoms with E-state index in [1.54, 1.807) is 24.3 Å². The lowest BCUT2D eigenvalue weighted by Crippen LogP contribution is -2.34. The SMILES string of the molecule is O=C(Cc1ccc(NC(=O)c2nc[nH]c2C(=O)NCCN2CCCC2)cc1)c1ccc(F)cc1. The van der Waals surface area contributed by atoms with E-state index in [2.05, 4.69) is 25.5 Å². The smallest absolute Gasteiger partial charge is 0.276 e. The van der Waals surface area contributed by atoms with Gasteiger partial charge in [0.1, 0.15) is 11.5 Å². The fourth-order valence-electron chi connectivity index (χ4n) is 3.88. The van der Waals surface area contributed by atoms with E-state index in [0.717, 1.165) is 25.2 Å². The molecular weight excluding hydrogens is 437 g/mol. The molecule has 0 saturated carbocycles. The molecule has 0 bridgehead atoms. The summed E-state index contributed by atoms with van der Waals surface area (Å²) in [6.07, 6.45) is 3.84. The zero-order chi connectivity index (χ0) is 23.9. The number of hydrogen-bond acceptors (Lipinski definition) is 5. The molecule has 0 atom stereocenters. The van der Waals surface area contributed by atoms with Gasteiger partial charge in [-0.05, 0) is 67.9 Å². The highest BCUT2D eigenvalue weighted by atomic mass is 19.1. The third-order valence-electron chi connectivity index (χ3n) is 5.74. The number of nitrogens with one attached hydrogen (secondary N) is 3. The fraction of sp³-hybridized carbons (Fsp3) is 0.280. The van der Waals surface area contributed by atoms with E-state index in [0.29, 0.717) is 17.8 Å². The predicted octanol–water partition coefficient (Wildman–Crippen LogP) is 3.05. The van der Waals surface area contributed by atoms with E-state index >= 15 is 0 Å². The Labute approximate surface area is 196 Å². The van der Waals surface area contributed by atoms with Gasteiger partial charge in [0.05, 0.1) is 6.33 Å². The van der Waals surface area contributed by atoms with Gasteiger partial charge in [-0.2, -0.15) is 0 Å². The molecule has 1 aliphatic rings. The average Bonchev–Trinajstić information content (AvgIpc) is 3.53. The number of aromatic amines is 1. The van der Waals surface area contributed by atoms with Crippen LogP contribution in [0.4, 0.5) is 10.1 Å². The molecule has 3 aromatic rings. The molecule has 1 aromatic heterocycles. The fourth-order valence-corrected chi connectivity index (χ4v) is 3.88. The van der Waals surface area contributed by atoms with Gasteiger partial charge < -0.3 is 20.5 Å². The second-order valence-corrected chi connectivity index (χ2v) is 8.19. The summed E-state index contributed by atoms with van der Waals surface area (Å²) in [5.74, 6) is -1.41. The van der Waals surface area contributed by atoms with Crippen molar-refractivity contribution in [3.05, 3.63) is 83.2 Å². The summed E-state index contributed by atoms with van der Waals surface area (Å²) < 4.78 is 13.0. The molecule has 2 amide bonds. The molecule has 0 radical (unpaired) electrons. The Morgan fingerprint density at radius 3 is 2.38 bits per heavy atom. The summed E-state index contributed by atoms with van der Waals surface area (Å²) in [6.45, 7) is 3.37. The molecule has 2 heterocycles. The molecule has 1 fully saturated rings. The Morgan fingerprint density at radius 2 is 1.68 bits per heavy atom. The molecule has 8 nitrogen and oxygen atoms in total. The lowest BCUT2D eigenvalue weighted by atomic mass is 10.0. The van der Waals surface area contributed by atoms with Crippen molar-refractivity contribution in [3.63, 3.8) is 0 Å². The number of ketones is 1. The molecule has 9 heteroatoms. The minimum Gasteiger partial charge on any atom is -0.349 e. The quantitative estimate of drug-likeness (QED) is 0.423. The molecule has 0 spiro atoms. The highest BCUT2D eigenvalue weighted by Gasteiger charge is 2.21. The number of amides is 2. The first-order valence-corrected chi connectivity index (χ1v) is 11.2. The molecule has 1 saturated heterocycles. The van der Waals surface area contributed by atoms with Crippen molar-refractivity contribution in [2.24, 2.45) is 0 Å². The Morgan fingerprint density at radius 1 is 0.971 bits per heavy atom. The zero-order valence-electron chi connectivity index (χ0n) is 18.6. The Kier molecular flexibility index (Phi) is 7.44. The topological polar surface area (TPSA) is 107 Å². The van der Waals surface area contributed by atoms with Crippen molar-refractivity contribution < 1.29 is 18.8 Å². The molecule has 3 N–H and O–H groups in total. The van der Waals surface area contributed by atoms with Crippen molar-refractivity contribution in [1.82, 2.24) is 20.2 Å². The van der Waals surface area contributed by atoms with E-state index in [-0.39, 0.29) is 29.5 Å². The number of likely N-dealkylation sites (tertiary alicyclic amines) is 1. The number of carbonyl (C=O) groups is 3. The van der Waals surface area contributed by atoms with Crippen LogP contribution in [0.25, 0.3) is 0 Å². The van der Waals surface area contributed by atoms with E-state index in [1.807, 2.05) is 0 Å². The summed E-state index contributed by atoms with van der Waals surface area (Å²) >= 11 is 0. The van der Waals surface area contributed by atoms with Crippen molar-refractivity contribution in [3.8, 4) is 0 Å². The summed E-state index contributed by atoms with van der Waals surface area (Å²) in [7, 11) is 0. The van der Waals surface area contributed by atoms with Crippen LogP contribution in [-0.4, -0.2) is 58.6 Å². The molecule has 34 heavy (non-hydrogen) atoms. The number of carbonyl (C=O) groups excluding carboxylic acids is 3. The van der Waals surface area contributed by atoms with Gasteiger partial charge in [0.15, 0.2) is 11.5 Å². The van der Waals surface area contributed by atoms with Crippen LogP contribution < -0.4 is 10.6 Å². The third-order valence-corrected chi connectivity index (χ3v) is 5.74. The van der Waals surface area contributed by atoms with Crippen molar-refractivity contribution in [2.45, 2.75) is 19.3 Å². The largest absolute Gasteiger partial charge is 0.349 e. The maximum Gasteiger partial charge on any atom is 0.276 e. The van der Waals surface area contributed by atoms with Crippen LogP contribution in [-0.2, 0) is 6.42 Å². The first-order valence-electron chi connectivity index (χ1n) is 11.2. The van der Waals surface area contributed by atoms with Gasteiger partial charge in [-0.15, -0.1) is 0 Å². The number of Topliss-reactive ketones (excluding diaryl/α,β-unsaturated/α-hetero) is 1. The van der Waals surface area contributed by atoms with Crippen molar-refractivity contribution in [2.75, 3.05) is 31.5 Å². The molecule has 0 aliphatic carbocycles. The number of benzene rings is 2. The Balaban J connectivity index is 1.31.